The Hall–Kier alpha value is -2.04. The summed E-state index contributed by atoms with van der Waals surface area (Å²) < 4.78 is 11.0. The van der Waals surface area contributed by atoms with E-state index in [1.54, 1.807) is 25.3 Å². The number of likely N-dealkylation sites (tertiary alicyclic amines) is 2. The molecule has 2 aromatic rings. The van der Waals surface area contributed by atoms with E-state index in [2.05, 4.69) is 52.3 Å². The van der Waals surface area contributed by atoms with Crippen molar-refractivity contribution in [1.29, 1.82) is 0 Å². The summed E-state index contributed by atoms with van der Waals surface area (Å²) in [6.45, 7) is 6.01. The molecule has 2 heterocycles. The molecule has 0 radical (unpaired) electrons. The van der Waals surface area contributed by atoms with Gasteiger partial charge in [-0.2, -0.15) is 0 Å². The minimum atomic E-state index is 0.323. The summed E-state index contributed by atoms with van der Waals surface area (Å²) in [5.41, 5.74) is 4.90. The zero-order valence-electron chi connectivity index (χ0n) is 19.6. The molecule has 0 amide bonds. The minimum Gasteiger partial charge on any atom is -0.497 e. The molecule has 1 saturated carbocycles. The molecular weight excluding hydrogens is 396 g/mol. The monoisotopic (exact) mass is 432 g/mol. The van der Waals surface area contributed by atoms with E-state index >= 15 is 0 Å². The fourth-order valence-electron chi connectivity index (χ4n) is 6.93. The van der Waals surface area contributed by atoms with Crippen LogP contribution in [0, 0.1) is 11.8 Å². The highest BCUT2D eigenvalue weighted by atomic mass is 16.5. The molecule has 2 aromatic carbocycles. The Morgan fingerprint density at radius 2 is 1.69 bits per heavy atom. The summed E-state index contributed by atoms with van der Waals surface area (Å²) in [4.78, 5) is 5.59. The number of hydrogen-bond acceptors (Lipinski definition) is 4. The van der Waals surface area contributed by atoms with Crippen LogP contribution in [0.1, 0.15) is 42.4 Å². The Bertz CT molecular complexity index is 970. The van der Waals surface area contributed by atoms with Crippen LogP contribution >= 0.6 is 0 Å². The van der Waals surface area contributed by atoms with Crippen molar-refractivity contribution in [2.45, 2.75) is 50.1 Å². The van der Waals surface area contributed by atoms with Gasteiger partial charge >= 0.3 is 0 Å². The first kappa shape index (κ1) is 20.6. The van der Waals surface area contributed by atoms with Crippen molar-refractivity contribution in [2.24, 2.45) is 11.8 Å². The molecule has 0 spiro atoms. The van der Waals surface area contributed by atoms with Crippen LogP contribution < -0.4 is 9.47 Å². The van der Waals surface area contributed by atoms with Crippen molar-refractivity contribution in [3.8, 4) is 11.5 Å². The third-order valence-electron chi connectivity index (χ3n) is 8.85. The van der Waals surface area contributed by atoms with Crippen LogP contribution in [-0.2, 0) is 18.4 Å². The molecule has 3 atom stereocenters. The van der Waals surface area contributed by atoms with Crippen molar-refractivity contribution in [2.75, 3.05) is 40.4 Å². The first-order valence-electron chi connectivity index (χ1n) is 12.5. The Balaban J connectivity index is 1.30. The van der Waals surface area contributed by atoms with E-state index in [-0.39, 0.29) is 0 Å². The molecule has 0 aromatic heterocycles. The second-order valence-electron chi connectivity index (χ2n) is 10.6. The van der Waals surface area contributed by atoms with E-state index in [0.29, 0.717) is 17.4 Å². The Morgan fingerprint density at radius 3 is 2.44 bits per heavy atom. The number of ether oxygens (including phenoxy) is 2. The van der Waals surface area contributed by atoms with Gasteiger partial charge in [-0.05, 0) is 98.0 Å². The maximum atomic E-state index is 5.66. The number of hydrogen-bond donors (Lipinski definition) is 0. The van der Waals surface area contributed by atoms with Crippen LogP contribution in [0.3, 0.4) is 0 Å². The third kappa shape index (κ3) is 3.52. The van der Waals surface area contributed by atoms with E-state index in [9.17, 15) is 0 Å². The maximum absolute atomic E-state index is 5.66. The lowest BCUT2D eigenvalue weighted by atomic mass is 9.54. The Labute approximate surface area is 192 Å². The summed E-state index contributed by atoms with van der Waals surface area (Å²) in [7, 11) is 3.54. The Morgan fingerprint density at radius 1 is 0.938 bits per heavy atom. The van der Waals surface area contributed by atoms with Gasteiger partial charge in [0.1, 0.15) is 11.5 Å². The van der Waals surface area contributed by atoms with Gasteiger partial charge in [0.2, 0.25) is 0 Å². The van der Waals surface area contributed by atoms with Crippen LogP contribution in [0.4, 0.5) is 0 Å². The molecule has 2 bridgehead atoms. The maximum Gasteiger partial charge on any atom is 0.119 e. The van der Waals surface area contributed by atoms with Gasteiger partial charge in [0, 0.05) is 31.1 Å². The molecule has 0 unspecified atom stereocenters. The van der Waals surface area contributed by atoms with Crippen LogP contribution in [-0.4, -0.2) is 56.2 Å². The minimum absolute atomic E-state index is 0.323. The normalized spacial score (nSPS) is 29.8. The Kier molecular flexibility index (Phi) is 5.19. The average Bonchev–Trinajstić information content (AvgIpc) is 3.65. The second-order valence-corrected chi connectivity index (χ2v) is 10.6. The van der Waals surface area contributed by atoms with Gasteiger partial charge in [0.05, 0.1) is 14.2 Å². The molecule has 170 valence electrons. The van der Waals surface area contributed by atoms with Gasteiger partial charge in [-0.3, -0.25) is 9.80 Å². The SMILES string of the molecule is COc1ccc(CN2CC[C@]34CCN(CC5CC5)[C@H](Cc5ccc(OC)cc53)[C@@H]4C2)cc1. The van der Waals surface area contributed by atoms with Crippen LogP contribution in [0.5, 0.6) is 11.5 Å². The van der Waals surface area contributed by atoms with Crippen LogP contribution in [0.15, 0.2) is 42.5 Å². The molecule has 0 N–H and O–H groups in total. The lowest BCUT2D eigenvalue weighted by Crippen LogP contribution is -2.65. The number of fused-ring (bicyclic) bond motifs is 1. The molecule has 2 aliphatic heterocycles. The molecular formula is C28H36N2O2. The zero-order chi connectivity index (χ0) is 21.7. The van der Waals surface area contributed by atoms with Gasteiger partial charge in [-0.15, -0.1) is 0 Å². The summed E-state index contributed by atoms with van der Waals surface area (Å²) in [5, 5.41) is 0. The fraction of sp³-hybridized carbons (Fsp3) is 0.571. The number of methoxy groups -OCH3 is 2. The van der Waals surface area contributed by atoms with Gasteiger partial charge in [-0.1, -0.05) is 18.2 Å². The van der Waals surface area contributed by atoms with Crippen LogP contribution in [0.2, 0.25) is 0 Å². The summed E-state index contributed by atoms with van der Waals surface area (Å²) in [5.74, 6) is 3.63. The second kappa shape index (κ2) is 8.07. The van der Waals surface area contributed by atoms with Crippen molar-refractivity contribution in [1.82, 2.24) is 9.80 Å². The van der Waals surface area contributed by atoms with Gasteiger partial charge in [0.15, 0.2) is 0 Å². The van der Waals surface area contributed by atoms with E-state index in [1.165, 1.54) is 63.8 Å². The number of rotatable bonds is 6. The lowest BCUT2D eigenvalue weighted by Gasteiger charge is -2.60. The smallest absolute Gasteiger partial charge is 0.119 e. The fourth-order valence-corrected chi connectivity index (χ4v) is 6.93. The van der Waals surface area contributed by atoms with Gasteiger partial charge < -0.3 is 9.47 Å². The lowest BCUT2D eigenvalue weighted by molar-refractivity contribution is -0.0414. The van der Waals surface area contributed by atoms with Crippen LogP contribution in [0.25, 0.3) is 0 Å². The topological polar surface area (TPSA) is 24.9 Å². The van der Waals surface area contributed by atoms with Crippen molar-refractivity contribution < 1.29 is 9.47 Å². The predicted octanol–water partition coefficient (Wildman–Crippen LogP) is 4.50. The highest BCUT2D eigenvalue weighted by Gasteiger charge is 2.55. The third-order valence-corrected chi connectivity index (χ3v) is 8.85. The van der Waals surface area contributed by atoms with Crippen molar-refractivity contribution >= 4 is 0 Å². The standard InChI is InChI=1S/C28H36N2O2/c1-31-23-8-5-20(6-9-23)17-29-13-11-28-12-14-30(18-21-3-4-21)27(26(28)19-29)15-22-7-10-24(32-2)16-25(22)28/h5-10,16,21,26-27H,3-4,11-15,17-19H2,1-2H3/t26-,27+,28-/m0/s1. The van der Waals surface area contributed by atoms with E-state index < -0.39 is 0 Å². The largest absolute Gasteiger partial charge is 0.497 e. The van der Waals surface area contributed by atoms with E-state index in [4.69, 9.17) is 9.47 Å². The molecule has 4 heteroatoms. The first-order valence-corrected chi connectivity index (χ1v) is 12.5. The number of piperidine rings is 2. The van der Waals surface area contributed by atoms with Crippen molar-refractivity contribution in [3.63, 3.8) is 0 Å². The first-order chi connectivity index (χ1) is 15.7. The summed E-state index contributed by atoms with van der Waals surface area (Å²) in [6.07, 6.45) is 6.65. The number of benzene rings is 2. The molecule has 4 aliphatic rings. The van der Waals surface area contributed by atoms with Gasteiger partial charge in [-0.25, -0.2) is 0 Å². The number of nitrogens with zero attached hydrogens (tertiary/aromatic N) is 2. The van der Waals surface area contributed by atoms with Gasteiger partial charge in [0.25, 0.3) is 0 Å². The zero-order valence-corrected chi connectivity index (χ0v) is 19.6. The molecule has 2 aliphatic carbocycles. The average molecular weight is 433 g/mol. The molecule has 2 saturated heterocycles. The van der Waals surface area contributed by atoms with E-state index in [0.717, 1.165) is 24.0 Å². The van der Waals surface area contributed by atoms with Crippen molar-refractivity contribution in [3.05, 3.63) is 59.2 Å². The molecule has 32 heavy (non-hydrogen) atoms. The predicted molar refractivity (Wildman–Crippen MR) is 127 cm³/mol. The summed E-state index contributed by atoms with van der Waals surface area (Å²) in [6, 6.07) is 16.2. The highest BCUT2D eigenvalue weighted by Crippen LogP contribution is 2.54. The summed E-state index contributed by atoms with van der Waals surface area (Å²) >= 11 is 0. The molecule has 6 rings (SSSR count). The quantitative estimate of drug-likeness (QED) is 0.671. The molecule has 3 fully saturated rings. The molecule has 4 nitrogen and oxygen atoms in total. The van der Waals surface area contributed by atoms with E-state index in [1.807, 2.05) is 0 Å². The highest BCUT2D eigenvalue weighted by molar-refractivity contribution is 5.46.